The molecule has 0 aliphatic carbocycles. The second kappa shape index (κ2) is 8.41. The number of anilines is 2. The minimum Gasteiger partial charge on any atom is -0.353 e. The Morgan fingerprint density at radius 2 is 1.66 bits per heavy atom. The quantitative estimate of drug-likeness (QED) is 0.629. The van der Waals surface area contributed by atoms with Gasteiger partial charge in [0.25, 0.3) is 0 Å². The predicted molar refractivity (Wildman–Crippen MR) is 117 cm³/mol. The van der Waals surface area contributed by atoms with Crippen molar-refractivity contribution in [3.8, 4) is 5.82 Å². The van der Waals surface area contributed by atoms with Gasteiger partial charge in [0.1, 0.15) is 23.8 Å². The highest BCUT2D eigenvalue weighted by molar-refractivity contribution is 6.00. The van der Waals surface area contributed by atoms with Crippen molar-refractivity contribution in [1.82, 2.24) is 19.4 Å². The number of hydrogen-bond acceptors (Lipinski definition) is 5. The van der Waals surface area contributed by atoms with Crippen molar-refractivity contribution in [2.75, 3.05) is 42.5 Å². The Balaban J connectivity index is 1.20. The number of halogens is 1. The molecular formula is C23H23FN6O2. The van der Waals surface area contributed by atoms with Crippen molar-refractivity contribution in [2.24, 2.45) is 5.92 Å². The molecule has 164 valence electrons. The van der Waals surface area contributed by atoms with Gasteiger partial charge < -0.3 is 19.3 Å². The minimum absolute atomic E-state index is 0.00155. The van der Waals surface area contributed by atoms with E-state index in [1.165, 1.54) is 12.1 Å². The third kappa shape index (κ3) is 3.93. The summed E-state index contributed by atoms with van der Waals surface area (Å²) in [5.74, 6) is 0.789. The van der Waals surface area contributed by atoms with E-state index in [1.807, 2.05) is 40.1 Å². The molecule has 2 fully saturated rings. The zero-order valence-corrected chi connectivity index (χ0v) is 17.5. The lowest BCUT2D eigenvalue weighted by Crippen LogP contribution is -2.51. The summed E-state index contributed by atoms with van der Waals surface area (Å²) in [5, 5.41) is 0. The maximum absolute atomic E-state index is 13.2. The highest BCUT2D eigenvalue weighted by Gasteiger charge is 2.38. The van der Waals surface area contributed by atoms with Crippen molar-refractivity contribution in [3.63, 3.8) is 0 Å². The first-order valence-electron chi connectivity index (χ1n) is 10.6. The highest BCUT2D eigenvalue weighted by Crippen LogP contribution is 2.27. The van der Waals surface area contributed by atoms with Gasteiger partial charge in [-0.05, 0) is 36.4 Å². The molecule has 5 rings (SSSR count). The van der Waals surface area contributed by atoms with Gasteiger partial charge in [0, 0.05) is 63.3 Å². The van der Waals surface area contributed by atoms with E-state index in [2.05, 4.69) is 14.9 Å². The molecular weight excluding hydrogens is 411 g/mol. The molecule has 2 aliphatic heterocycles. The third-order valence-corrected chi connectivity index (χ3v) is 6.04. The zero-order chi connectivity index (χ0) is 22.1. The fourth-order valence-corrected chi connectivity index (χ4v) is 4.30. The van der Waals surface area contributed by atoms with Crippen LogP contribution < -0.4 is 9.80 Å². The number of rotatable bonds is 4. The first kappa shape index (κ1) is 20.2. The van der Waals surface area contributed by atoms with Gasteiger partial charge in [0.05, 0.1) is 5.92 Å². The topological polar surface area (TPSA) is 74.6 Å². The molecule has 32 heavy (non-hydrogen) atoms. The number of aromatic nitrogens is 3. The Kier molecular flexibility index (Phi) is 5.30. The van der Waals surface area contributed by atoms with Crippen LogP contribution in [0.1, 0.15) is 6.42 Å². The molecule has 0 saturated carbocycles. The van der Waals surface area contributed by atoms with E-state index in [-0.39, 0.29) is 30.0 Å². The van der Waals surface area contributed by atoms with Crippen LogP contribution in [0.4, 0.5) is 15.9 Å². The molecule has 0 spiro atoms. The summed E-state index contributed by atoms with van der Waals surface area (Å²) in [6.45, 7) is 2.80. The minimum atomic E-state index is -0.376. The summed E-state index contributed by atoms with van der Waals surface area (Å²) in [6, 6.07) is 11.6. The molecule has 0 bridgehead atoms. The van der Waals surface area contributed by atoms with Gasteiger partial charge in [-0.25, -0.2) is 14.4 Å². The molecule has 8 nitrogen and oxygen atoms in total. The van der Waals surface area contributed by atoms with E-state index >= 15 is 0 Å². The Bertz CT molecular complexity index is 1110. The third-order valence-electron chi connectivity index (χ3n) is 6.04. The van der Waals surface area contributed by atoms with Crippen LogP contribution in [0.2, 0.25) is 0 Å². The average molecular weight is 434 g/mol. The van der Waals surface area contributed by atoms with E-state index in [0.29, 0.717) is 38.4 Å². The van der Waals surface area contributed by atoms with Gasteiger partial charge >= 0.3 is 0 Å². The molecule has 4 heterocycles. The summed E-state index contributed by atoms with van der Waals surface area (Å²) in [7, 11) is 0. The lowest BCUT2D eigenvalue weighted by atomic mass is 10.1. The van der Waals surface area contributed by atoms with Crippen LogP contribution in [0.5, 0.6) is 0 Å². The molecule has 3 aromatic rings. The lowest BCUT2D eigenvalue weighted by Gasteiger charge is -2.36. The number of carbonyl (C=O) groups excluding carboxylic acids is 2. The Morgan fingerprint density at radius 1 is 0.969 bits per heavy atom. The number of hydrogen-bond donors (Lipinski definition) is 0. The fourth-order valence-electron chi connectivity index (χ4n) is 4.30. The van der Waals surface area contributed by atoms with Crippen LogP contribution in [0.3, 0.4) is 0 Å². The molecule has 0 radical (unpaired) electrons. The van der Waals surface area contributed by atoms with Crippen molar-refractivity contribution < 1.29 is 14.0 Å². The molecule has 1 aromatic carbocycles. The van der Waals surface area contributed by atoms with E-state index in [9.17, 15) is 14.0 Å². The smallest absolute Gasteiger partial charge is 0.228 e. The average Bonchev–Trinajstić information content (AvgIpc) is 3.50. The molecule has 1 unspecified atom stereocenters. The summed E-state index contributed by atoms with van der Waals surface area (Å²) in [6.07, 6.45) is 5.60. The summed E-state index contributed by atoms with van der Waals surface area (Å²) in [4.78, 5) is 39.8. The Hall–Kier alpha value is -3.75. The van der Waals surface area contributed by atoms with Gasteiger partial charge in [-0.3, -0.25) is 9.59 Å². The van der Waals surface area contributed by atoms with Crippen LogP contribution in [-0.4, -0.2) is 64.0 Å². The summed E-state index contributed by atoms with van der Waals surface area (Å²) < 4.78 is 15.1. The van der Waals surface area contributed by atoms with Crippen LogP contribution in [-0.2, 0) is 9.59 Å². The van der Waals surface area contributed by atoms with Crippen molar-refractivity contribution in [2.45, 2.75) is 6.42 Å². The van der Waals surface area contributed by atoms with E-state index in [1.54, 1.807) is 23.4 Å². The monoisotopic (exact) mass is 434 g/mol. The molecule has 2 aliphatic rings. The van der Waals surface area contributed by atoms with Gasteiger partial charge in [0.15, 0.2) is 0 Å². The number of benzene rings is 1. The lowest BCUT2D eigenvalue weighted by molar-refractivity contribution is -0.136. The summed E-state index contributed by atoms with van der Waals surface area (Å²) >= 11 is 0. The normalized spacial score (nSPS) is 19.0. The predicted octanol–water partition coefficient (Wildman–Crippen LogP) is 2.11. The largest absolute Gasteiger partial charge is 0.353 e. The maximum Gasteiger partial charge on any atom is 0.228 e. The molecule has 2 amide bonds. The highest BCUT2D eigenvalue weighted by atomic mass is 19.1. The maximum atomic E-state index is 13.2. The number of carbonyl (C=O) groups is 2. The van der Waals surface area contributed by atoms with Gasteiger partial charge in [-0.1, -0.05) is 0 Å². The molecule has 2 aromatic heterocycles. The zero-order valence-electron chi connectivity index (χ0n) is 17.5. The molecule has 2 saturated heterocycles. The van der Waals surface area contributed by atoms with Crippen LogP contribution in [0.25, 0.3) is 5.82 Å². The van der Waals surface area contributed by atoms with Crippen LogP contribution in [0.15, 0.2) is 61.2 Å². The first-order chi connectivity index (χ1) is 15.6. The standard InChI is InChI=1S/C23H23FN6O2/c24-18-3-5-19(6-4-18)30-15-17(13-22(30)31)23(32)29-11-9-28(10-12-29)21-14-20(25-16-26-21)27-7-1-2-8-27/h1-8,14,16-17H,9-13,15H2. The SMILES string of the molecule is O=C(C1CC(=O)N(c2ccc(F)cc2)C1)N1CCN(c2cc(-n3cccc3)ncn2)CC1. The van der Waals surface area contributed by atoms with E-state index < -0.39 is 0 Å². The Labute approximate surface area is 184 Å². The number of amides is 2. The number of nitrogens with zero attached hydrogens (tertiary/aromatic N) is 6. The Morgan fingerprint density at radius 3 is 2.38 bits per heavy atom. The first-order valence-corrected chi connectivity index (χ1v) is 10.6. The van der Waals surface area contributed by atoms with E-state index in [0.717, 1.165) is 11.6 Å². The van der Waals surface area contributed by atoms with Crippen molar-refractivity contribution in [3.05, 3.63) is 67.0 Å². The fraction of sp³-hybridized carbons (Fsp3) is 0.304. The van der Waals surface area contributed by atoms with Crippen LogP contribution >= 0.6 is 0 Å². The second-order valence-electron chi connectivity index (χ2n) is 8.02. The van der Waals surface area contributed by atoms with Crippen molar-refractivity contribution in [1.29, 1.82) is 0 Å². The van der Waals surface area contributed by atoms with Crippen LogP contribution in [0, 0.1) is 11.7 Å². The molecule has 0 N–H and O–H groups in total. The second-order valence-corrected chi connectivity index (χ2v) is 8.02. The van der Waals surface area contributed by atoms with Crippen molar-refractivity contribution >= 4 is 23.3 Å². The van der Waals surface area contributed by atoms with Gasteiger partial charge in [0.2, 0.25) is 11.8 Å². The van der Waals surface area contributed by atoms with Gasteiger partial charge in [-0.15, -0.1) is 0 Å². The number of piperazine rings is 1. The molecule has 9 heteroatoms. The van der Waals surface area contributed by atoms with E-state index in [4.69, 9.17) is 0 Å². The molecule has 1 atom stereocenters. The van der Waals surface area contributed by atoms with Gasteiger partial charge in [-0.2, -0.15) is 0 Å². The summed E-state index contributed by atoms with van der Waals surface area (Å²) in [5.41, 5.74) is 0.624.